The minimum Gasteiger partial charge on any atom is -0.467 e. The number of carbonyl (C=O) groups excluding carboxylic acids is 1. The molecule has 1 aromatic carbocycles. The van der Waals surface area contributed by atoms with Crippen LogP contribution in [0.25, 0.3) is 0 Å². The normalized spacial score (nSPS) is 16.8. The number of hydrogen-bond donors (Lipinski definition) is 0. The predicted molar refractivity (Wildman–Crippen MR) is 90.5 cm³/mol. The SMILES string of the molecule is O=C(c1ccc(Cl)c([N+](=O)[O-])c1)N(Cc1ccco1)C[C@H]1CCCO1. The first-order chi connectivity index (χ1) is 12.0. The molecule has 0 bridgehead atoms. The van der Waals surface area contributed by atoms with Crippen molar-refractivity contribution in [2.75, 3.05) is 13.2 Å². The third-order valence-corrected chi connectivity index (χ3v) is 4.37. The van der Waals surface area contributed by atoms with Gasteiger partial charge in [-0.15, -0.1) is 0 Å². The number of rotatable bonds is 6. The minimum atomic E-state index is -0.601. The number of hydrogen-bond acceptors (Lipinski definition) is 5. The van der Waals surface area contributed by atoms with E-state index in [1.54, 1.807) is 17.0 Å². The largest absolute Gasteiger partial charge is 0.467 e. The molecule has 1 fully saturated rings. The minimum absolute atomic E-state index is 0.00161. The Kier molecular flexibility index (Phi) is 5.35. The van der Waals surface area contributed by atoms with Crippen molar-refractivity contribution in [3.05, 3.63) is 63.1 Å². The van der Waals surface area contributed by atoms with Gasteiger partial charge in [0, 0.05) is 24.8 Å². The van der Waals surface area contributed by atoms with Gasteiger partial charge in [0.25, 0.3) is 11.6 Å². The van der Waals surface area contributed by atoms with Crippen LogP contribution < -0.4 is 0 Å². The van der Waals surface area contributed by atoms with Crippen LogP contribution in [-0.2, 0) is 11.3 Å². The van der Waals surface area contributed by atoms with Gasteiger partial charge < -0.3 is 14.1 Å². The molecule has 0 radical (unpaired) electrons. The molecule has 0 N–H and O–H groups in total. The predicted octanol–water partition coefficient (Wildman–Crippen LogP) is 3.66. The maximum atomic E-state index is 12.9. The Morgan fingerprint density at radius 2 is 2.24 bits per heavy atom. The van der Waals surface area contributed by atoms with E-state index in [1.807, 2.05) is 0 Å². The summed E-state index contributed by atoms with van der Waals surface area (Å²) >= 11 is 5.83. The van der Waals surface area contributed by atoms with Gasteiger partial charge in [0.2, 0.25) is 0 Å². The van der Waals surface area contributed by atoms with Crippen LogP contribution in [0.15, 0.2) is 41.0 Å². The van der Waals surface area contributed by atoms with Crippen molar-refractivity contribution in [1.29, 1.82) is 0 Å². The summed E-state index contributed by atoms with van der Waals surface area (Å²) in [5, 5.41) is 11.1. The van der Waals surface area contributed by atoms with Crippen LogP contribution in [0.1, 0.15) is 29.0 Å². The molecule has 2 heterocycles. The lowest BCUT2D eigenvalue weighted by Crippen LogP contribution is -2.36. The summed E-state index contributed by atoms with van der Waals surface area (Å²) in [5.41, 5.74) is -0.0803. The summed E-state index contributed by atoms with van der Waals surface area (Å²) < 4.78 is 10.9. The molecule has 0 unspecified atom stereocenters. The van der Waals surface area contributed by atoms with E-state index in [-0.39, 0.29) is 34.8 Å². The number of nitro groups is 1. The summed E-state index contributed by atoms with van der Waals surface area (Å²) in [4.78, 5) is 25.0. The van der Waals surface area contributed by atoms with E-state index >= 15 is 0 Å². The molecule has 1 atom stereocenters. The van der Waals surface area contributed by atoms with E-state index in [2.05, 4.69) is 0 Å². The average molecular weight is 365 g/mol. The van der Waals surface area contributed by atoms with Crippen molar-refractivity contribution in [3.63, 3.8) is 0 Å². The molecule has 1 aliphatic heterocycles. The van der Waals surface area contributed by atoms with E-state index in [4.69, 9.17) is 20.8 Å². The van der Waals surface area contributed by atoms with Crippen LogP contribution in [-0.4, -0.2) is 35.0 Å². The highest BCUT2D eigenvalue weighted by Gasteiger charge is 2.26. The average Bonchev–Trinajstić information content (AvgIpc) is 3.27. The van der Waals surface area contributed by atoms with Gasteiger partial charge in [0.15, 0.2) is 0 Å². The summed E-state index contributed by atoms with van der Waals surface area (Å²) in [6.07, 6.45) is 3.33. The summed E-state index contributed by atoms with van der Waals surface area (Å²) in [6, 6.07) is 7.58. The molecule has 0 spiro atoms. The highest BCUT2D eigenvalue weighted by Crippen LogP contribution is 2.26. The molecule has 7 nitrogen and oxygen atoms in total. The number of carbonyl (C=O) groups is 1. The van der Waals surface area contributed by atoms with E-state index in [9.17, 15) is 14.9 Å². The van der Waals surface area contributed by atoms with Crippen LogP contribution in [0.4, 0.5) is 5.69 Å². The zero-order valence-corrected chi connectivity index (χ0v) is 14.1. The van der Waals surface area contributed by atoms with Crippen molar-refractivity contribution in [2.45, 2.75) is 25.5 Å². The first-order valence-corrected chi connectivity index (χ1v) is 8.29. The topological polar surface area (TPSA) is 85.8 Å². The molecule has 2 aromatic rings. The number of nitrogens with zero attached hydrogens (tertiary/aromatic N) is 2. The molecule has 1 aliphatic rings. The lowest BCUT2D eigenvalue weighted by atomic mass is 10.1. The lowest BCUT2D eigenvalue weighted by molar-refractivity contribution is -0.384. The highest BCUT2D eigenvalue weighted by atomic mass is 35.5. The smallest absolute Gasteiger partial charge is 0.288 e. The highest BCUT2D eigenvalue weighted by molar-refractivity contribution is 6.32. The Balaban J connectivity index is 1.84. The molecular formula is C17H17ClN2O5. The van der Waals surface area contributed by atoms with Crippen LogP contribution >= 0.6 is 11.6 Å². The quantitative estimate of drug-likeness (QED) is 0.576. The molecule has 1 aromatic heterocycles. The number of ether oxygens (including phenoxy) is 1. The number of benzene rings is 1. The molecule has 1 saturated heterocycles. The fourth-order valence-corrected chi connectivity index (χ4v) is 3.00. The van der Waals surface area contributed by atoms with Gasteiger partial charge in [-0.3, -0.25) is 14.9 Å². The maximum absolute atomic E-state index is 12.9. The van der Waals surface area contributed by atoms with Crippen LogP contribution in [0.3, 0.4) is 0 Å². The Morgan fingerprint density at radius 3 is 2.88 bits per heavy atom. The molecule has 132 valence electrons. The van der Waals surface area contributed by atoms with Gasteiger partial charge in [0.1, 0.15) is 10.8 Å². The number of furan rings is 1. The van der Waals surface area contributed by atoms with E-state index in [0.29, 0.717) is 18.9 Å². The van der Waals surface area contributed by atoms with Gasteiger partial charge in [-0.05, 0) is 37.1 Å². The van der Waals surface area contributed by atoms with Crippen molar-refractivity contribution in [1.82, 2.24) is 4.90 Å². The van der Waals surface area contributed by atoms with Crippen molar-refractivity contribution >= 4 is 23.2 Å². The van der Waals surface area contributed by atoms with Crippen molar-refractivity contribution < 1.29 is 18.9 Å². The zero-order chi connectivity index (χ0) is 17.8. The monoisotopic (exact) mass is 364 g/mol. The molecule has 0 aliphatic carbocycles. The molecular weight excluding hydrogens is 348 g/mol. The maximum Gasteiger partial charge on any atom is 0.288 e. The van der Waals surface area contributed by atoms with Crippen LogP contribution in [0, 0.1) is 10.1 Å². The fourth-order valence-electron chi connectivity index (χ4n) is 2.81. The van der Waals surface area contributed by atoms with E-state index < -0.39 is 4.92 Å². The summed E-state index contributed by atoms with van der Waals surface area (Å²) in [5.74, 6) is 0.307. The second-order valence-corrected chi connectivity index (χ2v) is 6.23. The van der Waals surface area contributed by atoms with Gasteiger partial charge in [-0.25, -0.2) is 0 Å². The third-order valence-electron chi connectivity index (χ3n) is 4.05. The van der Waals surface area contributed by atoms with Crippen molar-refractivity contribution in [2.24, 2.45) is 0 Å². The van der Waals surface area contributed by atoms with E-state index in [1.165, 1.54) is 24.5 Å². The molecule has 25 heavy (non-hydrogen) atoms. The first kappa shape index (κ1) is 17.4. The number of halogens is 1. The summed E-state index contributed by atoms with van der Waals surface area (Å²) in [6.45, 7) is 1.35. The van der Waals surface area contributed by atoms with Crippen LogP contribution in [0.5, 0.6) is 0 Å². The van der Waals surface area contributed by atoms with Gasteiger partial charge in [-0.2, -0.15) is 0 Å². The van der Waals surface area contributed by atoms with E-state index in [0.717, 1.165) is 12.8 Å². The second-order valence-electron chi connectivity index (χ2n) is 5.82. The van der Waals surface area contributed by atoms with Gasteiger partial charge in [-0.1, -0.05) is 11.6 Å². The lowest BCUT2D eigenvalue weighted by Gasteiger charge is -2.24. The molecule has 0 saturated carbocycles. The molecule has 1 amide bonds. The fraction of sp³-hybridized carbons (Fsp3) is 0.353. The Bertz CT molecular complexity index is 756. The number of nitro benzene ring substituents is 1. The molecule has 8 heteroatoms. The first-order valence-electron chi connectivity index (χ1n) is 7.92. The Labute approximate surface area is 149 Å². The Morgan fingerprint density at radius 1 is 1.40 bits per heavy atom. The molecule has 3 rings (SSSR count). The summed E-state index contributed by atoms with van der Waals surface area (Å²) in [7, 11) is 0. The second kappa shape index (κ2) is 7.67. The van der Waals surface area contributed by atoms with Gasteiger partial charge >= 0.3 is 0 Å². The van der Waals surface area contributed by atoms with Crippen LogP contribution in [0.2, 0.25) is 5.02 Å². The van der Waals surface area contributed by atoms with Gasteiger partial charge in [0.05, 0.1) is 23.8 Å². The standard InChI is InChI=1S/C17H17ClN2O5/c18-15-6-5-12(9-16(15)20(22)23)17(21)19(10-13-3-1-7-24-13)11-14-4-2-8-25-14/h1,3,5-7,9,14H,2,4,8,10-11H2/t14-/m1/s1. The van der Waals surface area contributed by atoms with Crippen molar-refractivity contribution in [3.8, 4) is 0 Å². The number of amides is 1. The Hall–Kier alpha value is -2.38. The zero-order valence-electron chi connectivity index (χ0n) is 13.4. The third kappa shape index (κ3) is 4.18.